The van der Waals surface area contributed by atoms with Gasteiger partial charge in [-0.3, -0.25) is 0 Å². The summed E-state index contributed by atoms with van der Waals surface area (Å²) in [5.41, 5.74) is -0.981. The molecule has 3 rings (SSSR count). The first kappa shape index (κ1) is 15.6. The Kier molecular flexibility index (Phi) is 3.61. The monoisotopic (exact) mass is 347 g/mol. The average molecular weight is 347 g/mol. The van der Waals surface area contributed by atoms with Crippen LogP contribution in [0.2, 0.25) is 0 Å². The van der Waals surface area contributed by atoms with Gasteiger partial charge in [-0.05, 0) is 25.5 Å². The molecule has 1 atom stereocenters. The van der Waals surface area contributed by atoms with Crippen LogP contribution in [-0.4, -0.2) is 47.1 Å². The second-order valence-corrected chi connectivity index (χ2v) is 9.68. The predicted molar refractivity (Wildman–Crippen MR) is 79.4 cm³/mol. The van der Waals surface area contributed by atoms with E-state index in [-0.39, 0.29) is 22.8 Å². The quantitative estimate of drug-likeness (QED) is 0.845. The van der Waals surface area contributed by atoms with E-state index in [1.54, 1.807) is 6.92 Å². The van der Waals surface area contributed by atoms with E-state index in [2.05, 4.69) is 4.72 Å². The van der Waals surface area contributed by atoms with E-state index in [1.807, 2.05) is 0 Å². The van der Waals surface area contributed by atoms with Crippen molar-refractivity contribution < 1.29 is 26.3 Å². The summed E-state index contributed by atoms with van der Waals surface area (Å²) in [6, 6.07) is 4.35. The predicted octanol–water partition coefficient (Wildman–Crippen LogP) is 0.313. The highest BCUT2D eigenvalue weighted by Gasteiger charge is 2.41. The van der Waals surface area contributed by atoms with Crippen LogP contribution in [-0.2, 0) is 19.9 Å². The van der Waals surface area contributed by atoms with Crippen molar-refractivity contribution in [2.45, 2.75) is 23.8 Å². The Bertz CT molecular complexity index is 802. The van der Waals surface area contributed by atoms with Gasteiger partial charge in [-0.15, -0.1) is 0 Å². The van der Waals surface area contributed by atoms with Crippen molar-refractivity contribution in [3.63, 3.8) is 0 Å². The second kappa shape index (κ2) is 5.10. The maximum Gasteiger partial charge on any atom is 0.241 e. The van der Waals surface area contributed by atoms with Gasteiger partial charge in [0.05, 0.1) is 16.4 Å². The van der Waals surface area contributed by atoms with Crippen molar-refractivity contribution in [1.82, 2.24) is 4.72 Å². The Morgan fingerprint density at radius 1 is 1.18 bits per heavy atom. The number of hydrogen-bond donors (Lipinski definition) is 1. The highest BCUT2D eigenvalue weighted by atomic mass is 32.2. The molecule has 0 unspecified atom stereocenters. The van der Waals surface area contributed by atoms with Gasteiger partial charge in [0.2, 0.25) is 10.0 Å². The number of nitrogens with one attached hydrogen (secondary N) is 1. The third kappa shape index (κ3) is 3.06. The van der Waals surface area contributed by atoms with E-state index in [4.69, 9.17) is 9.47 Å². The van der Waals surface area contributed by atoms with Crippen LogP contribution >= 0.6 is 0 Å². The van der Waals surface area contributed by atoms with E-state index in [0.717, 1.165) is 0 Å². The average Bonchev–Trinajstić information content (AvgIpc) is 2.71. The van der Waals surface area contributed by atoms with Gasteiger partial charge in [0.1, 0.15) is 13.2 Å². The van der Waals surface area contributed by atoms with E-state index in [0.29, 0.717) is 24.7 Å². The zero-order chi connectivity index (χ0) is 16.0. The first-order valence-corrected chi connectivity index (χ1v) is 10.1. The van der Waals surface area contributed by atoms with E-state index < -0.39 is 25.4 Å². The summed E-state index contributed by atoms with van der Waals surface area (Å²) in [5, 5.41) is 0. The number of benzene rings is 1. The Morgan fingerprint density at radius 2 is 1.86 bits per heavy atom. The molecule has 1 aromatic carbocycles. The zero-order valence-electron chi connectivity index (χ0n) is 12.0. The van der Waals surface area contributed by atoms with Crippen molar-refractivity contribution in [3.05, 3.63) is 18.2 Å². The van der Waals surface area contributed by atoms with Crippen LogP contribution in [0.1, 0.15) is 13.3 Å². The molecule has 1 saturated heterocycles. The molecule has 0 aromatic heterocycles. The standard InChI is InChI=1S/C13H17NO6S2/c1-13(4-7-21(15,16)9-13)14-22(17,18)10-2-3-11-12(8-10)20-6-5-19-11/h2-3,8,14H,4-7,9H2,1H3/t13-/m0/s1. The maximum atomic E-state index is 12.5. The molecule has 9 heteroatoms. The Hall–Kier alpha value is -1.32. The van der Waals surface area contributed by atoms with Crippen molar-refractivity contribution >= 4 is 19.9 Å². The summed E-state index contributed by atoms with van der Waals surface area (Å²) in [6.45, 7) is 2.39. The van der Waals surface area contributed by atoms with Gasteiger partial charge in [-0.2, -0.15) is 0 Å². The molecule has 0 saturated carbocycles. The number of hydrogen-bond acceptors (Lipinski definition) is 6. The summed E-state index contributed by atoms with van der Waals surface area (Å²) in [5.74, 6) is 0.676. The van der Waals surface area contributed by atoms with E-state index in [9.17, 15) is 16.8 Å². The minimum atomic E-state index is -3.84. The minimum Gasteiger partial charge on any atom is -0.486 e. The SMILES string of the molecule is C[C@]1(NS(=O)(=O)c2ccc3c(c2)OCCO3)CCS(=O)(=O)C1. The lowest BCUT2D eigenvalue weighted by Crippen LogP contribution is -2.46. The molecular weight excluding hydrogens is 330 g/mol. The van der Waals surface area contributed by atoms with Gasteiger partial charge in [0.15, 0.2) is 21.3 Å². The van der Waals surface area contributed by atoms with E-state index >= 15 is 0 Å². The maximum absolute atomic E-state index is 12.5. The molecule has 2 aliphatic rings. The molecule has 22 heavy (non-hydrogen) atoms. The van der Waals surface area contributed by atoms with Gasteiger partial charge >= 0.3 is 0 Å². The van der Waals surface area contributed by atoms with Crippen LogP contribution < -0.4 is 14.2 Å². The summed E-state index contributed by atoms with van der Waals surface area (Å²) in [4.78, 5) is 0.0299. The van der Waals surface area contributed by atoms with Crippen molar-refractivity contribution in [2.75, 3.05) is 24.7 Å². The third-order valence-electron chi connectivity index (χ3n) is 3.71. The molecule has 2 heterocycles. The molecular formula is C13H17NO6S2. The largest absolute Gasteiger partial charge is 0.486 e. The molecule has 1 aromatic rings. The fourth-order valence-corrected chi connectivity index (χ4v) is 6.30. The molecule has 1 fully saturated rings. The van der Waals surface area contributed by atoms with E-state index in [1.165, 1.54) is 18.2 Å². The zero-order valence-corrected chi connectivity index (χ0v) is 13.7. The normalized spacial score (nSPS) is 26.8. The molecule has 0 radical (unpaired) electrons. The van der Waals surface area contributed by atoms with Gasteiger partial charge in [0.25, 0.3) is 0 Å². The first-order valence-electron chi connectivity index (χ1n) is 6.83. The number of sulfonamides is 1. The highest BCUT2D eigenvalue weighted by molar-refractivity contribution is 7.92. The van der Waals surface area contributed by atoms with Crippen LogP contribution in [0.15, 0.2) is 23.1 Å². The molecule has 0 amide bonds. The Morgan fingerprint density at radius 3 is 2.50 bits per heavy atom. The van der Waals surface area contributed by atoms with Crippen LogP contribution in [0.4, 0.5) is 0 Å². The first-order chi connectivity index (χ1) is 10.2. The van der Waals surface area contributed by atoms with Gasteiger partial charge < -0.3 is 9.47 Å². The topological polar surface area (TPSA) is 98.8 Å². The van der Waals surface area contributed by atoms with Gasteiger partial charge in [-0.25, -0.2) is 21.6 Å². The molecule has 1 N–H and O–H groups in total. The highest BCUT2D eigenvalue weighted by Crippen LogP contribution is 2.33. The second-order valence-electron chi connectivity index (χ2n) is 5.81. The number of rotatable bonds is 3. The summed E-state index contributed by atoms with van der Waals surface area (Å²) >= 11 is 0. The molecule has 2 aliphatic heterocycles. The number of sulfone groups is 1. The lowest BCUT2D eigenvalue weighted by atomic mass is 10.0. The molecule has 0 aliphatic carbocycles. The summed E-state index contributed by atoms with van der Waals surface area (Å²) in [6.07, 6.45) is 0.263. The minimum absolute atomic E-state index is 0.00679. The Balaban J connectivity index is 1.87. The molecule has 7 nitrogen and oxygen atoms in total. The van der Waals surface area contributed by atoms with Crippen LogP contribution in [0.3, 0.4) is 0 Å². The summed E-state index contributed by atoms with van der Waals surface area (Å²) < 4.78 is 61.4. The van der Waals surface area contributed by atoms with Crippen LogP contribution in [0.25, 0.3) is 0 Å². The van der Waals surface area contributed by atoms with Crippen molar-refractivity contribution in [2.24, 2.45) is 0 Å². The lowest BCUT2D eigenvalue weighted by molar-refractivity contribution is 0.171. The number of ether oxygens (including phenoxy) is 2. The van der Waals surface area contributed by atoms with Gasteiger partial charge in [-0.1, -0.05) is 0 Å². The van der Waals surface area contributed by atoms with Crippen molar-refractivity contribution in [1.29, 1.82) is 0 Å². The van der Waals surface area contributed by atoms with Gasteiger partial charge in [0, 0.05) is 11.6 Å². The molecule has 0 spiro atoms. The number of fused-ring (bicyclic) bond motifs is 1. The fourth-order valence-electron chi connectivity index (χ4n) is 2.67. The smallest absolute Gasteiger partial charge is 0.241 e. The van der Waals surface area contributed by atoms with Crippen LogP contribution in [0, 0.1) is 0 Å². The fraction of sp³-hybridized carbons (Fsp3) is 0.538. The van der Waals surface area contributed by atoms with Crippen molar-refractivity contribution in [3.8, 4) is 11.5 Å². The molecule has 122 valence electrons. The summed E-state index contributed by atoms with van der Waals surface area (Å²) in [7, 11) is -7.03. The lowest BCUT2D eigenvalue weighted by Gasteiger charge is -2.24. The molecule has 0 bridgehead atoms. The van der Waals surface area contributed by atoms with Crippen LogP contribution in [0.5, 0.6) is 11.5 Å². The Labute approximate surface area is 129 Å². The third-order valence-corrected chi connectivity index (χ3v) is 7.25.